The molecule has 92 valence electrons. The first-order chi connectivity index (χ1) is 8.04. The number of nitrogens with zero attached hydrogens (tertiary/aromatic N) is 1. The van der Waals surface area contributed by atoms with Gasteiger partial charge in [-0.3, -0.25) is 9.78 Å². The second-order valence-electron chi connectivity index (χ2n) is 3.90. The summed E-state index contributed by atoms with van der Waals surface area (Å²) in [6.07, 6.45) is 4.17. The zero-order chi connectivity index (χ0) is 12.8. The Morgan fingerprint density at radius 3 is 2.71 bits per heavy atom. The summed E-state index contributed by atoms with van der Waals surface area (Å²) in [7, 11) is 0. The third kappa shape index (κ3) is 3.86. The summed E-state index contributed by atoms with van der Waals surface area (Å²) in [5.74, 6) is -1.41. The van der Waals surface area contributed by atoms with Gasteiger partial charge in [0.15, 0.2) is 0 Å². The largest absolute Gasteiger partial charge is 0.480 e. The Hall–Kier alpha value is -1.91. The smallest absolute Gasteiger partial charge is 0.326 e. The van der Waals surface area contributed by atoms with E-state index in [9.17, 15) is 9.59 Å². The van der Waals surface area contributed by atoms with Crippen molar-refractivity contribution in [2.45, 2.75) is 32.7 Å². The van der Waals surface area contributed by atoms with Gasteiger partial charge in [0.2, 0.25) is 0 Å². The molecule has 5 nitrogen and oxygen atoms in total. The number of carboxylic acids is 1. The van der Waals surface area contributed by atoms with Gasteiger partial charge in [-0.1, -0.05) is 13.3 Å². The summed E-state index contributed by atoms with van der Waals surface area (Å²) in [5, 5.41) is 11.4. The summed E-state index contributed by atoms with van der Waals surface area (Å²) in [5.41, 5.74) is 1.24. The van der Waals surface area contributed by atoms with Gasteiger partial charge in [-0.25, -0.2) is 4.79 Å². The van der Waals surface area contributed by atoms with Crippen molar-refractivity contribution >= 4 is 11.9 Å². The van der Waals surface area contributed by atoms with E-state index in [0.717, 1.165) is 5.56 Å². The molecule has 1 amide bonds. The van der Waals surface area contributed by atoms with Gasteiger partial charge >= 0.3 is 5.97 Å². The maximum Gasteiger partial charge on any atom is 0.326 e. The predicted molar refractivity (Wildman–Crippen MR) is 62.8 cm³/mol. The van der Waals surface area contributed by atoms with E-state index in [4.69, 9.17) is 5.11 Å². The summed E-state index contributed by atoms with van der Waals surface area (Å²) < 4.78 is 0. The van der Waals surface area contributed by atoms with E-state index in [1.54, 1.807) is 12.3 Å². The molecule has 1 aromatic heterocycles. The molecule has 2 N–H and O–H groups in total. The number of nitrogens with one attached hydrogen (secondary N) is 1. The lowest BCUT2D eigenvalue weighted by atomic mass is 10.1. The highest BCUT2D eigenvalue weighted by atomic mass is 16.4. The third-order valence-corrected chi connectivity index (χ3v) is 2.32. The Balaban J connectivity index is 2.73. The SMILES string of the molecule is CCC[C@H](NC(=O)c1cncc(C)c1)C(=O)O. The Labute approximate surface area is 99.9 Å². The highest BCUT2D eigenvalue weighted by Gasteiger charge is 2.19. The lowest BCUT2D eigenvalue weighted by Crippen LogP contribution is -2.40. The van der Waals surface area contributed by atoms with Gasteiger partial charge < -0.3 is 10.4 Å². The van der Waals surface area contributed by atoms with Crippen LogP contribution in [0.4, 0.5) is 0 Å². The molecule has 17 heavy (non-hydrogen) atoms. The zero-order valence-electron chi connectivity index (χ0n) is 9.93. The standard InChI is InChI=1S/C12H16N2O3/c1-3-4-10(12(16)17)14-11(15)9-5-8(2)6-13-7-9/h5-7,10H,3-4H2,1-2H3,(H,14,15)(H,16,17)/t10-/m0/s1. The molecule has 0 aliphatic heterocycles. The fourth-order valence-electron chi connectivity index (χ4n) is 1.47. The van der Waals surface area contributed by atoms with Gasteiger partial charge in [-0.2, -0.15) is 0 Å². The molecule has 1 rings (SSSR count). The molecule has 0 bridgehead atoms. The molecule has 0 radical (unpaired) electrons. The van der Waals surface area contributed by atoms with Crippen LogP contribution in [0.5, 0.6) is 0 Å². The second kappa shape index (κ2) is 5.98. The molecule has 1 heterocycles. The Kier molecular flexibility index (Phi) is 4.63. The molecule has 0 unspecified atom stereocenters. The van der Waals surface area contributed by atoms with Crippen LogP contribution >= 0.6 is 0 Å². The van der Waals surface area contributed by atoms with Gasteiger partial charge in [-0.05, 0) is 25.0 Å². The number of aryl methyl sites for hydroxylation is 1. The van der Waals surface area contributed by atoms with Crippen LogP contribution in [0, 0.1) is 6.92 Å². The number of carbonyl (C=O) groups is 2. The van der Waals surface area contributed by atoms with Gasteiger partial charge in [-0.15, -0.1) is 0 Å². The van der Waals surface area contributed by atoms with E-state index in [2.05, 4.69) is 10.3 Å². The average molecular weight is 236 g/mol. The minimum atomic E-state index is -1.01. The van der Waals surface area contributed by atoms with Crippen molar-refractivity contribution in [2.24, 2.45) is 0 Å². The molecule has 0 aromatic carbocycles. The molecule has 0 saturated heterocycles. The van der Waals surface area contributed by atoms with E-state index in [0.29, 0.717) is 18.4 Å². The molecule has 0 aliphatic rings. The maximum absolute atomic E-state index is 11.8. The quantitative estimate of drug-likeness (QED) is 0.809. The summed E-state index contributed by atoms with van der Waals surface area (Å²) in [6.45, 7) is 3.70. The van der Waals surface area contributed by atoms with Crippen LogP contribution in [0.1, 0.15) is 35.7 Å². The van der Waals surface area contributed by atoms with Crippen molar-refractivity contribution in [2.75, 3.05) is 0 Å². The molecular formula is C12H16N2O3. The van der Waals surface area contributed by atoms with Crippen LogP contribution in [0.25, 0.3) is 0 Å². The van der Waals surface area contributed by atoms with Gasteiger partial charge in [0, 0.05) is 12.4 Å². The molecule has 0 aliphatic carbocycles. The highest BCUT2D eigenvalue weighted by Crippen LogP contribution is 2.03. The number of aliphatic carboxylic acids is 1. The van der Waals surface area contributed by atoms with Crippen LogP contribution < -0.4 is 5.32 Å². The number of carboxylic acid groups (broad SMARTS) is 1. The van der Waals surface area contributed by atoms with Gasteiger partial charge in [0.25, 0.3) is 5.91 Å². The fourth-order valence-corrected chi connectivity index (χ4v) is 1.47. The number of amides is 1. The van der Waals surface area contributed by atoms with Crippen molar-refractivity contribution in [3.8, 4) is 0 Å². The average Bonchev–Trinajstić information content (AvgIpc) is 2.28. The van der Waals surface area contributed by atoms with Crippen molar-refractivity contribution in [3.63, 3.8) is 0 Å². The van der Waals surface area contributed by atoms with Crippen molar-refractivity contribution in [1.82, 2.24) is 10.3 Å². The van der Waals surface area contributed by atoms with Crippen molar-refractivity contribution in [1.29, 1.82) is 0 Å². The highest BCUT2D eigenvalue weighted by molar-refractivity contribution is 5.96. The second-order valence-corrected chi connectivity index (χ2v) is 3.90. The molecule has 5 heteroatoms. The molecule has 0 saturated carbocycles. The van der Waals surface area contributed by atoms with E-state index in [1.807, 2.05) is 13.8 Å². The monoisotopic (exact) mass is 236 g/mol. The minimum absolute atomic E-state index is 0.382. The minimum Gasteiger partial charge on any atom is -0.480 e. The Morgan fingerprint density at radius 1 is 1.47 bits per heavy atom. The van der Waals surface area contributed by atoms with Crippen LogP contribution in [0.2, 0.25) is 0 Å². The van der Waals surface area contributed by atoms with Crippen LogP contribution in [-0.2, 0) is 4.79 Å². The normalized spacial score (nSPS) is 11.9. The van der Waals surface area contributed by atoms with Gasteiger partial charge in [0.05, 0.1) is 5.56 Å². The number of carbonyl (C=O) groups excluding carboxylic acids is 1. The topological polar surface area (TPSA) is 79.3 Å². The molecule has 1 atom stereocenters. The van der Waals surface area contributed by atoms with Crippen LogP contribution in [0.15, 0.2) is 18.5 Å². The first-order valence-corrected chi connectivity index (χ1v) is 5.50. The van der Waals surface area contributed by atoms with Crippen molar-refractivity contribution < 1.29 is 14.7 Å². The summed E-state index contributed by atoms with van der Waals surface area (Å²) in [6, 6.07) is 0.834. The van der Waals surface area contributed by atoms with E-state index < -0.39 is 17.9 Å². The number of rotatable bonds is 5. The summed E-state index contributed by atoms with van der Waals surface area (Å²) >= 11 is 0. The van der Waals surface area contributed by atoms with E-state index >= 15 is 0 Å². The van der Waals surface area contributed by atoms with Gasteiger partial charge in [0.1, 0.15) is 6.04 Å². The lowest BCUT2D eigenvalue weighted by molar-refractivity contribution is -0.139. The zero-order valence-corrected chi connectivity index (χ0v) is 9.93. The molecule has 0 fully saturated rings. The van der Waals surface area contributed by atoms with Crippen molar-refractivity contribution in [3.05, 3.63) is 29.6 Å². The molecule has 0 spiro atoms. The third-order valence-electron chi connectivity index (χ3n) is 2.32. The number of pyridine rings is 1. The molecule has 1 aromatic rings. The summed E-state index contributed by atoms with van der Waals surface area (Å²) in [4.78, 5) is 26.6. The predicted octanol–water partition coefficient (Wildman–Crippen LogP) is 1.37. The van der Waals surface area contributed by atoms with Crippen LogP contribution in [-0.4, -0.2) is 28.0 Å². The van der Waals surface area contributed by atoms with E-state index in [1.165, 1.54) is 6.20 Å². The number of hydrogen-bond donors (Lipinski definition) is 2. The lowest BCUT2D eigenvalue weighted by Gasteiger charge is -2.13. The Morgan fingerprint density at radius 2 is 2.18 bits per heavy atom. The first kappa shape index (κ1) is 13.2. The number of hydrogen-bond acceptors (Lipinski definition) is 3. The van der Waals surface area contributed by atoms with E-state index in [-0.39, 0.29) is 0 Å². The fraction of sp³-hybridized carbons (Fsp3) is 0.417. The number of aromatic nitrogens is 1. The van der Waals surface area contributed by atoms with Crippen LogP contribution in [0.3, 0.4) is 0 Å². The molecular weight excluding hydrogens is 220 g/mol. The Bertz CT molecular complexity index is 418. The first-order valence-electron chi connectivity index (χ1n) is 5.50. The maximum atomic E-state index is 11.8.